The fourth-order valence-electron chi connectivity index (χ4n) is 1.40. The van der Waals surface area contributed by atoms with Gasteiger partial charge in [0.25, 0.3) is 0 Å². The van der Waals surface area contributed by atoms with Crippen LogP contribution in [0.15, 0.2) is 46.1 Å². The maximum atomic E-state index is 5.78. The van der Waals surface area contributed by atoms with Gasteiger partial charge in [0.2, 0.25) is 0 Å². The van der Waals surface area contributed by atoms with Crippen molar-refractivity contribution in [3.63, 3.8) is 0 Å². The Morgan fingerprint density at radius 1 is 1.12 bits per heavy atom. The van der Waals surface area contributed by atoms with Crippen molar-refractivity contribution in [1.82, 2.24) is 0 Å². The van der Waals surface area contributed by atoms with Gasteiger partial charge in [-0.2, -0.15) is 0 Å². The van der Waals surface area contributed by atoms with Gasteiger partial charge in [0.05, 0.1) is 0 Å². The van der Waals surface area contributed by atoms with E-state index in [-0.39, 0.29) is 24.8 Å². The minimum Gasteiger partial charge on any atom is -0.147 e. The first-order chi connectivity index (χ1) is 7.31. The van der Waals surface area contributed by atoms with Crippen molar-refractivity contribution in [3.05, 3.63) is 46.1 Å². The van der Waals surface area contributed by atoms with E-state index in [1.165, 1.54) is 3.88 Å². The molecule has 17 heavy (non-hydrogen) atoms. The Balaban J connectivity index is 0.00000128. The molecule has 0 aliphatic heterocycles. The van der Waals surface area contributed by atoms with Gasteiger partial charge in [-0.25, -0.2) is 0 Å². The summed E-state index contributed by atoms with van der Waals surface area (Å²) < 4.78 is 12.2. The van der Waals surface area contributed by atoms with Crippen LogP contribution in [0, 0.1) is 0 Å². The number of methoxy groups -OCH3 is 1. The van der Waals surface area contributed by atoms with Crippen LogP contribution < -0.4 is 9.47 Å². The van der Waals surface area contributed by atoms with Crippen molar-refractivity contribution in [1.29, 1.82) is 0 Å². The zero-order valence-corrected chi connectivity index (χ0v) is 12.5. The Morgan fingerprint density at radius 3 is 2.29 bits per heavy atom. The van der Waals surface area contributed by atoms with E-state index in [0.717, 1.165) is 23.7 Å². The fourth-order valence-corrected chi connectivity index (χ4v) is 1.80. The topological polar surface area (TPSA) is 18.5 Å². The van der Waals surface area contributed by atoms with Crippen LogP contribution in [-0.2, 0) is 20.4 Å². The van der Waals surface area contributed by atoms with Gasteiger partial charge in [-0.15, -0.1) is 24.8 Å². The van der Waals surface area contributed by atoms with Crippen LogP contribution in [0.3, 0.4) is 0 Å². The molecular weight excluding hydrogens is 295 g/mol. The summed E-state index contributed by atoms with van der Waals surface area (Å²) in [5, 5.41) is 0. The summed E-state index contributed by atoms with van der Waals surface area (Å²) in [6.07, 6.45) is 5.08. The Kier molecular flexibility index (Phi) is 7.64. The van der Waals surface area contributed by atoms with Crippen LogP contribution in [0.25, 0.3) is 0 Å². The molecule has 0 unspecified atom stereocenters. The Bertz CT molecular complexity index is 430. The molecule has 0 saturated heterocycles. The van der Waals surface area contributed by atoms with Gasteiger partial charge in [0.1, 0.15) is 0 Å². The van der Waals surface area contributed by atoms with E-state index in [1.807, 2.05) is 30.3 Å². The number of hydrogen-bond acceptors (Lipinski definition) is 2. The predicted octanol–water partition coefficient (Wildman–Crippen LogP) is 3.64. The molecule has 0 saturated carbocycles. The van der Waals surface area contributed by atoms with Gasteiger partial charge in [0, 0.05) is 0 Å². The van der Waals surface area contributed by atoms with E-state index in [1.54, 1.807) is 7.11 Å². The standard InChI is InChI=1S/C12H11O2.2ClH.Ti/c1-13-11-8-4-5-9-12(11)14-10-6-2-3-7-10;;;/h2,4-6,8-9H,3H2,1H3;2*1H;. The third-order valence-electron chi connectivity index (χ3n) is 2.18. The van der Waals surface area contributed by atoms with Crippen LogP contribution in [0.1, 0.15) is 6.42 Å². The number of para-hydroxylation sites is 2. The second kappa shape index (κ2) is 7.83. The molecule has 2 rings (SSSR count). The van der Waals surface area contributed by atoms with Gasteiger partial charge in [-0.05, 0) is 0 Å². The van der Waals surface area contributed by atoms with Gasteiger partial charge in [-0.1, -0.05) is 0 Å². The molecule has 0 radical (unpaired) electrons. The van der Waals surface area contributed by atoms with Crippen LogP contribution in [0.2, 0.25) is 0 Å². The van der Waals surface area contributed by atoms with E-state index >= 15 is 0 Å². The summed E-state index contributed by atoms with van der Waals surface area (Å²) in [5.41, 5.74) is 0. The molecule has 0 atom stereocenters. The molecule has 2 nitrogen and oxygen atoms in total. The number of halogens is 2. The van der Waals surface area contributed by atoms with E-state index < -0.39 is 0 Å². The van der Waals surface area contributed by atoms with Gasteiger partial charge in [-0.3, -0.25) is 0 Å². The van der Waals surface area contributed by atoms with Gasteiger partial charge in [0.15, 0.2) is 0 Å². The maximum absolute atomic E-state index is 5.78. The molecule has 0 amide bonds. The summed E-state index contributed by atoms with van der Waals surface area (Å²) in [7, 11) is 1.65. The summed E-state index contributed by atoms with van der Waals surface area (Å²) >= 11 is 2.07. The molecule has 1 aliphatic carbocycles. The zero-order chi connectivity index (χ0) is 10.7. The minimum absolute atomic E-state index is 0. The van der Waals surface area contributed by atoms with Crippen molar-refractivity contribution in [2.24, 2.45) is 0 Å². The molecule has 0 bridgehead atoms. The second-order valence-electron chi connectivity index (χ2n) is 3.20. The van der Waals surface area contributed by atoms with Crippen molar-refractivity contribution >= 4 is 24.8 Å². The fraction of sp³-hybridized carbons (Fsp3) is 0.167. The number of rotatable bonds is 3. The second-order valence-corrected chi connectivity index (χ2v) is 4.14. The van der Waals surface area contributed by atoms with Crippen LogP contribution in [0.5, 0.6) is 11.5 Å². The van der Waals surface area contributed by atoms with E-state index in [0.29, 0.717) is 0 Å². The van der Waals surface area contributed by atoms with Crippen molar-refractivity contribution in [2.45, 2.75) is 6.42 Å². The third kappa shape index (κ3) is 4.07. The van der Waals surface area contributed by atoms with Crippen molar-refractivity contribution < 1.29 is 29.9 Å². The monoisotopic (exact) mass is 307 g/mol. The molecule has 91 valence electrons. The zero-order valence-electron chi connectivity index (χ0n) is 9.30. The average Bonchev–Trinajstić information content (AvgIpc) is 2.65. The molecule has 0 spiro atoms. The molecule has 1 aliphatic rings. The van der Waals surface area contributed by atoms with Crippen LogP contribution in [0.4, 0.5) is 0 Å². The number of hydrogen-bond donors (Lipinski definition) is 0. The van der Waals surface area contributed by atoms with Crippen LogP contribution in [-0.4, -0.2) is 7.11 Å². The Hall–Kier alpha value is -0.406. The first-order valence-corrected chi connectivity index (χ1v) is 5.51. The van der Waals surface area contributed by atoms with Gasteiger partial charge < -0.3 is 0 Å². The van der Waals surface area contributed by atoms with E-state index in [2.05, 4.69) is 26.5 Å². The van der Waals surface area contributed by atoms with Crippen molar-refractivity contribution in [2.75, 3.05) is 7.11 Å². The largest absolute Gasteiger partial charge is 0.147 e. The molecule has 1 aromatic carbocycles. The molecular formula is C12H13Cl2O2Ti. The summed E-state index contributed by atoms with van der Waals surface area (Å²) in [4.78, 5) is 0. The normalized spacial score (nSPS) is 12.7. The Labute approximate surface area is 125 Å². The number of allylic oxidation sites excluding steroid dienone is 3. The smallest absolute Gasteiger partial charge is 0.147 e. The predicted molar refractivity (Wildman–Crippen MR) is 68.9 cm³/mol. The molecule has 0 N–H and O–H groups in total. The summed E-state index contributed by atoms with van der Waals surface area (Å²) in [5.74, 6) is 2.46. The van der Waals surface area contributed by atoms with Crippen molar-refractivity contribution in [3.8, 4) is 11.5 Å². The minimum atomic E-state index is 0. The maximum Gasteiger partial charge on any atom is -0.147 e. The summed E-state index contributed by atoms with van der Waals surface area (Å²) in [6.45, 7) is 0. The van der Waals surface area contributed by atoms with Crippen LogP contribution >= 0.6 is 24.8 Å². The molecule has 0 heterocycles. The average molecular weight is 308 g/mol. The Morgan fingerprint density at radius 2 is 1.76 bits per heavy atom. The molecule has 1 aromatic rings. The SMILES string of the molecule is COc1ccccc1OC1=[C]([Ti])CC=C1.Cl.Cl. The summed E-state index contributed by atoms with van der Waals surface area (Å²) in [6, 6.07) is 7.67. The quantitative estimate of drug-likeness (QED) is 0.794. The number of benzene rings is 1. The van der Waals surface area contributed by atoms with E-state index in [9.17, 15) is 0 Å². The molecule has 0 aromatic heterocycles. The van der Waals surface area contributed by atoms with Gasteiger partial charge >= 0.3 is 101 Å². The van der Waals surface area contributed by atoms with E-state index in [4.69, 9.17) is 9.47 Å². The number of ether oxygens (including phenoxy) is 2. The third-order valence-corrected chi connectivity index (χ3v) is 2.88. The first-order valence-electron chi connectivity index (χ1n) is 4.73. The molecule has 0 fully saturated rings. The first kappa shape index (κ1) is 16.6. The molecule has 5 heteroatoms.